The summed E-state index contributed by atoms with van der Waals surface area (Å²) >= 11 is 0. The molecule has 0 saturated carbocycles. The number of nitrogens with zero attached hydrogens (tertiary/aromatic N) is 4. The molecule has 6 aromatic rings. The molecule has 14 heteroatoms. The zero-order valence-electron chi connectivity index (χ0n) is 23.6. The first-order valence-corrected chi connectivity index (χ1v) is 13.0. The maximum Gasteiger partial charge on any atom is 0.335 e. The summed E-state index contributed by atoms with van der Waals surface area (Å²) < 4.78 is 0. The smallest absolute Gasteiger partial charge is 0.335 e. The molecule has 0 unspecified atom stereocenters. The molecule has 0 amide bonds. The molecule has 232 valence electrons. The molecule has 46 heavy (non-hydrogen) atoms. The third-order valence-corrected chi connectivity index (χ3v) is 5.87. The van der Waals surface area contributed by atoms with E-state index in [4.69, 9.17) is 10.2 Å². The summed E-state index contributed by atoms with van der Waals surface area (Å²) in [6.07, 6.45) is 3.34. The van der Waals surface area contributed by atoms with Gasteiger partial charge in [0.05, 0.1) is 21.0 Å². The second-order valence-corrected chi connectivity index (χ2v) is 8.92. The maximum atomic E-state index is 10.3. The molecule has 4 aromatic carbocycles. The topological polar surface area (TPSA) is 227 Å². The van der Waals surface area contributed by atoms with E-state index in [-0.39, 0.29) is 34.0 Å². The van der Waals surface area contributed by atoms with Crippen LogP contribution in [0.1, 0.15) is 20.7 Å². The van der Waals surface area contributed by atoms with Crippen molar-refractivity contribution in [3.05, 3.63) is 153 Å². The number of non-ortho nitro benzene ring substituents is 2. The summed E-state index contributed by atoms with van der Waals surface area (Å²) in [5, 5.41) is 57.7. The van der Waals surface area contributed by atoms with E-state index in [1.807, 2.05) is 36.4 Å². The summed E-state index contributed by atoms with van der Waals surface area (Å²) in [5.74, 6) is -1.71. The number of phenolic OH excluding ortho intramolecular Hbond substituents is 2. The number of hydrogen-bond acceptors (Lipinski definition) is 10. The van der Waals surface area contributed by atoms with Gasteiger partial charge in [0.25, 0.3) is 11.4 Å². The number of rotatable bonds is 4. The Morgan fingerprint density at radius 1 is 0.522 bits per heavy atom. The van der Waals surface area contributed by atoms with Crippen molar-refractivity contribution in [2.75, 3.05) is 0 Å². The van der Waals surface area contributed by atoms with Crippen molar-refractivity contribution in [1.82, 2.24) is 9.97 Å². The first kappa shape index (κ1) is 33.5. The standard InChI is InChI=1S/2C9H7NO.2C7H5NO4/c2*11-8-5-1-3-7-4-2-6-10-9(7)8;2*9-7(10)5-1-3-6(4-2-5)8(11)12/h2*1-6,11H;2*1-4H,(H,9,10). The van der Waals surface area contributed by atoms with Crippen LogP contribution in [0.4, 0.5) is 11.4 Å². The molecule has 6 rings (SSSR count). The first-order valence-electron chi connectivity index (χ1n) is 13.0. The van der Waals surface area contributed by atoms with Crippen LogP contribution in [0.15, 0.2) is 122 Å². The van der Waals surface area contributed by atoms with Gasteiger partial charge in [0.15, 0.2) is 0 Å². The van der Waals surface area contributed by atoms with Crippen molar-refractivity contribution >= 4 is 45.1 Å². The lowest BCUT2D eigenvalue weighted by molar-refractivity contribution is -0.385. The molecular formula is C32H24N4O10. The predicted octanol–water partition coefficient (Wildman–Crippen LogP) is 6.47. The van der Waals surface area contributed by atoms with Gasteiger partial charge >= 0.3 is 11.9 Å². The molecule has 0 aliphatic carbocycles. The Bertz CT molecular complexity index is 1760. The third-order valence-electron chi connectivity index (χ3n) is 5.87. The average Bonchev–Trinajstić information content (AvgIpc) is 3.06. The van der Waals surface area contributed by atoms with E-state index in [9.17, 15) is 40.0 Å². The molecule has 2 aromatic heterocycles. The number of aromatic carboxylic acids is 2. The number of hydrogen-bond donors (Lipinski definition) is 4. The highest BCUT2D eigenvalue weighted by atomic mass is 16.6. The van der Waals surface area contributed by atoms with Crippen LogP contribution < -0.4 is 0 Å². The van der Waals surface area contributed by atoms with Gasteiger partial charge in [-0.2, -0.15) is 0 Å². The summed E-state index contributed by atoms with van der Waals surface area (Å²) in [5.41, 5.74) is 1.19. The lowest BCUT2D eigenvalue weighted by Gasteiger charge is -1.96. The van der Waals surface area contributed by atoms with Crippen LogP contribution >= 0.6 is 0 Å². The number of phenols is 2. The van der Waals surface area contributed by atoms with Crippen LogP contribution in [-0.4, -0.2) is 52.2 Å². The summed E-state index contributed by atoms with van der Waals surface area (Å²) in [7, 11) is 0. The molecule has 4 N–H and O–H groups in total. The molecule has 0 aliphatic heterocycles. The summed E-state index contributed by atoms with van der Waals surface area (Å²) in [6.45, 7) is 0. The van der Waals surface area contributed by atoms with Gasteiger partial charge in [-0.15, -0.1) is 0 Å². The molecular weight excluding hydrogens is 600 g/mol. The number of nitro groups is 2. The highest BCUT2D eigenvalue weighted by Crippen LogP contribution is 2.21. The molecule has 2 heterocycles. The molecule has 0 saturated heterocycles. The van der Waals surface area contributed by atoms with E-state index in [1.54, 1.807) is 36.7 Å². The highest BCUT2D eigenvalue weighted by Gasteiger charge is 2.08. The lowest BCUT2D eigenvalue weighted by Crippen LogP contribution is -1.96. The molecule has 0 spiro atoms. The lowest BCUT2D eigenvalue weighted by atomic mass is 10.2. The summed E-state index contributed by atoms with van der Waals surface area (Å²) in [4.78, 5) is 47.8. The second kappa shape index (κ2) is 16.0. The molecule has 0 aliphatic rings. The normalized spacial score (nSPS) is 9.74. The van der Waals surface area contributed by atoms with Gasteiger partial charge in [-0.1, -0.05) is 36.4 Å². The molecule has 14 nitrogen and oxygen atoms in total. The Morgan fingerprint density at radius 3 is 1.13 bits per heavy atom. The van der Waals surface area contributed by atoms with E-state index in [2.05, 4.69) is 9.97 Å². The van der Waals surface area contributed by atoms with E-state index >= 15 is 0 Å². The number of nitro benzene ring substituents is 2. The molecule has 0 bridgehead atoms. The quantitative estimate of drug-likeness (QED) is 0.122. The Labute approximate surface area is 259 Å². The van der Waals surface area contributed by atoms with Crippen molar-refractivity contribution in [2.24, 2.45) is 0 Å². The first-order chi connectivity index (χ1) is 22.0. The third kappa shape index (κ3) is 9.53. The number of carbonyl (C=O) groups is 2. The summed E-state index contributed by atoms with van der Waals surface area (Å²) in [6, 6.07) is 27.7. The number of carboxylic acids is 2. The number of para-hydroxylation sites is 2. The van der Waals surface area contributed by atoms with E-state index in [0.29, 0.717) is 11.0 Å². The van der Waals surface area contributed by atoms with Crippen molar-refractivity contribution < 1.29 is 39.9 Å². The minimum atomic E-state index is -1.09. The van der Waals surface area contributed by atoms with Gasteiger partial charge in [-0.25, -0.2) is 9.59 Å². The van der Waals surface area contributed by atoms with Crippen LogP contribution in [0, 0.1) is 20.2 Å². The molecule has 0 fully saturated rings. The number of carboxylic acid groups (broad SMARTS) is 2. The van der Waals surface area contributed by atoms with Gasteiger partial charge in [-0.05, 0) is 48.5 Å². The number of aromatic hydroxyl groups is 2. The van der Waals surface area contributed by atoms with Gasteiger partial charge in [0.2, 0.25) is 0 Å². The van der Waals surface area contributed by atoms with E-state index < -0.39 is 21.8 Å². The van der Waals surface area contributed by atoms with Crippen molar-refractivity contribution in [3.63, 3.8) is 0 Å². The number of pyridine rings is 2. The van der Waals surface area contributed by atoms with Gasteiger partial charge in [0.1, 0.15) is 22.5 Å². The van der Waals surface area contributed by atoms with Crippen LogP contribution in [0.25, 0.3) is 21.8 Å². The Hall–Kier alpha value is -6.96. The Balaban J connectivity index is 0.000000167. The average molecular weight is 625 g/mol. The van der Waals surface area contributed by atoms with Gasteiger partial charge in [-0.3, -0.25) is 30.2 Å². The fraction of sp³-hybridized carbons (Fsp3) is 0. The fourth-order valence-corrected chi connectivity index (χ4v) is 3.63. The predicted molar refractivity (Wildman–Crippen MR) is 167 cm³/mol. The highest BCUT2D eigenvalue weighted by molar-refractivity contribution is 5.88. The van der Waals surface area contributed by atoms with Crippen LogP contribution in [0.5, 0.6) is 11.5 Å². The number of benzene rings is 4. The van der Waals surface area contributed by atoms with Gasteiger partial charge < -0.3 is 20.4 Å². The molecule has 0 atom stereocenters. The largest absolute Gasteiger partial charge is 0.506 e. The minimum Gasteiger partial charge on any atom is -0.506 e. The number of aromatic nitrogens is 2. The molecule has 0 radical (unpaired) electrons. The zero-order chi connectivity index (χ0) is 33.6. The van der Waals surface area contributed by atoms with Gasteiger partial charge in [0, 0.05) is 47.4 Å². The number of fused-ring (bicyclic) bond motifs is 2. The SMILES string of the molecule is O=C(O)c1ccc([N+](=O)[O-])cc1.O=C(O)c1ccc([N+](=O)[O-])cc1.Oc1cccc2cccnc12.Oc1cccc2cccnc12. The van der Waals surface area contributed by atoms with Crippen LogP contribution in [-0.2, 0) is 0 Å². The zero-order valence-corrected chi connectivity index (χ0v) is 23.6. The Morgan fingerprint density at radius 2 is 0.848 bits per heavy atom. The second-order valence-electron chi connectivity index (χ2n) is 8.92. The van der Waals surface area contributed by atoms with E-state index in [1.165, 1.54) is 24.3 Å². The Kier molecular flexibility index (Phi) is 11.7. The monoisotopic (exact) mass is 624 g/mol. The van der Waals surface area contributed by atoms with E-state index in [0.717, 1.165) is 35.0 Å². The van der Waals surface area contributed by atoms with Crippen molar-refractivity contribution in [3.8, 4) is 11.5 Å². The fourth-order valence-electron chi connectivity index (χ4n) is 3.63. The van der Waals surface area contributed by atoms with Crippen molar-refractivity contribution in [2.45, 2.75) is 0 Å². The van der Waals surface area contributed by atoms with Crippen LogP contribution in [0.2, 0.25) is 0 Å². The van der Waals surface area contributed by atoms with Crippen molar-refractivity contribution in [1.29, 1.82) is 0 Å². The van der Waals surface area contributed by atoms with Crippen LogP contribution in [0.3, 0.4) is 0 Å². The minimum absolute atomic E-state index is 0.0422. The maximum absolute atomic E-state index is 10.3.